The number of pyridine rings is 1. The molecule has 0 amide bonds. The number of hydrogen-bond acceptors (Lipinski definition) is 2. The SMILES string of the molecule is Cc1ccc(CNC2CCCCC2C2CCCCC2)cn1. The van der Waals surface area contributed by atoms with E-state index in [0.717, 1.165) is 30.1 Å². The van der Waals surface area contributed by atoms with E-state index in [9.17, 15) is 0 Å². The van der Waals surface area contributed by atoms with E-state index in [1.165, 1.54) is 63.4 Å². The van der Waals surface area contributed by atoms with Crippen LogP contribution in [0.25, 0.3) is 0 Å². The minimum Gasteiger partial charge on any atom is -0.310 e. The Morgan fingerprint density at radius 3 is 2.52 bits per heavy atom. The minimum absolute atomic E-state index is 0.739. The molecule has 1 aromatic rings. The zero-order chi connectivity index (χ0) is 14.5. The summed E-state index contributed by atoms with van der Waals surface area (Å²) in [5.74, 6) is 1.92. The zero-order valence-electron chi connectivity index (χ0n) is 13.5. The van der Waals surface area contributed by atoms with Crippen molar-refractivity contribution in [1.82, 2.24) is 10.3 Å². The molecule has 0 aromatic carbocycles. The monoisotopic (exact) mass is 286 g/mol. The van der Waals surface area contributed by atoms with Crippen LogP contribution in [0, 0.1) is 18.8 Å². The average Bonchev–Trinajstić information content (AvgIpc) is 2.55. The van der Waals surface area contributed by atoms with Crippen LogP contribution >= 0.6 is 0 Å². The van der Waals surface area contributed by atoms with Crippen LogP contribution in [0.15, 0.2) is 18.3 Å². The van der Waals surface area contributed by atoms with Gasteiger partial charge in [-0.3, -0.25) is 4.98 Å². The number of aryl methyl sites for hydroxylation is 1. The molecule has 1 N–H and O–H groups in total. The second-order valence-corrected chi connectivity index (χ2v) is 7.14. The van der Waals surface area contributed by atoms with E-state index < -0.39 is 0 Å². The Labute approximate surface area is 129 Å². The van der Waals surface area contributed by atoms with Gasteiger partial charge in [0.05, 0.1) is 0 Å². The Balaban J connectivity index is 1.57. The summed E-state index contributed by atoms with van der Waals surface area (Å²) in [5.41, 5.74) is 2.44. The molecule has 0 saturated heterocycles. The van der Waals surface area contributed by atoms with Gasteiger partial charge in [0.15, 0.2) is 0 Å². The summed E-state index contributed by atoms with van der Waals surface area (Å²) in [5, 5.41) is 3.86. The van der Waals surface area contributed by atoms with Crippen molar-refractivity contribution in [1.29, 1.82) is 0 Å². The lowest BCUT2D eigenvalue weighted by Crippen LogP contribution is -2.42. The van der Waals surface area contributed by atoms with E-state index in [1.54, 1.807) is 0 Å². The van der Waals surface area contributed by atoms with Gasteiger partial charge in [0.2, 0.25) is 0 Å². The first-order valence-electron chi connectivity index (χ1n) is 8.98. The normalized spacial score (nSPS) is 27.7. The molecule has 0 spiro atoms. The first-order chi connectivity index (χ1) is 10.3. The van der Waals surface area contributed by atoms with E-state index >= 15 is 0 Å². The molecule has 0 bridgehead atoms. The highest BCUT2D eigenvalue weighted by atomic mass is 14.9. The van der Waals surface area contributed by atoms with Crippen molar-refractivity contribution >= 4 is 0 Å². The van der Waals surface area contributed by atoms with Gasteiger partial charge in [-0.15, -0.1) is 0 Å². The summed E-state index contributed by atoms with van der Waals surface area (Å²) in [7, 11) is 0. The third-order valence-corrected chi connectivity index (χ3v) is 5.62. The Kier molecular flexibility index (Phi) is 5.29. The maximum atomic E-state index is 4.41. The maximum absolute atomic E-state index is 4.41. The van der Waals surface area contributed by atoms with Gasteiger partial charge in [-0.1, -0.05) is 51.0 Å². The number of rotatable bonds is 4. The summed E-state index contributed by atoms with van der Waals surface area (Å²) in [6.45, 7) is 3.04. The Morgan fingerprint density at radius 2 is 1.76 bits per heavy atom. The van der Waals surface area contributed by atoms with Crippen LogP contribution in [0.2, 0.25) is 0 Å². The fraction of sp³-hybridized carbons (Fsp3) is 0.737. The van der Waals surface area contributed by atoms with Crippen molar-refractivity contribution in [3.8, 4) is 0 Å². The van der Waals surface area contributed by atoms with Gasteiger partial charge in [-0.05, 0) is 43.2 Å². The molecule has 2 fully saturated rings. The fourth-order valence-corrected chi connectivity index (χ4v) is 4.39. The number of nitrogens with one attached hydrogen (secondary N) is 1. The molecule has 21 heavy (non-hydrogen) atoms. The third-order valence-electron chi connectivity index (χ3n) is 5.62. The molecule has 0 aliphatic heterocycles. The highest BCUT2D eigenvalue weighted by Crippen LogP contribution is 2.38. The molecule has 3 rings (SSSR count). The molecule has 2 atom stereocenters. The van der Waals surface area contributed by atoms with E-state index in [1.807, 2.05) is 6.20 Å². The third kappa shape index (κ3) is 4.06. The molecule has 2 nitrogen and oxygen atoms in total. The molecular formula is C19H30N2. The van der Waals surface area contributed by atoms with E-state index in [-0.39, 0.29) is 0 Å². The Hall–Kier alpha value is -0.890. The lowest BCUT2D eigenvalue weighted by atomic mass is 9.71. The molecule has 1 heterocycles. The van der Waals surface area contributed by atoms with Gasteiger partial charge in [-0.2, -0.15) is 0 Å². The highest BCUT2D eigenvalue weighted by Gasteiger charge is 2.32. The number of nitrogens with zero attached hydrogens (tertiary/aromatic N) is 1. The minimum atomic E-state index is 0.739. The summed E-state index contributed by atoms with van der Waals surface area (Å²) < 4.78 is 0. The van der Waals surface area contributed by atoms with Crippen molar-refractivity contribution in [3.05, 3.63) is 29.6 Å². The zero-order valence-corrected chi connectivity index (χ0v) is 13.5. The van der Waals surface area contributed by atoms with Gasteiger partial charge in [-0.25, -0.2) is 0 Å². The van der Waals surface area contributed by atoms with Gasteiger partial charge in [0.25, 0.3) is 0 Å². The Bertz CT molecular complexity index is 420. The molecular weight excluding hydrogens is 256 g/mol. The van der Waals surface area contributed by atoms with Crippen molar-refractivity contribution in [2.45, 2.75) is 77.3 Å². The first kappa shape index (κ1) is 15.0. The van der Waals surface area contributed by atoms with Crippen LogP contribution in [-0.4, -0.2) is 11.0 Å². The molecule has 2 heteroatoms. The smallest absolute Gasteiger partial charge is 0.0372 e. The lowest BCUT2D eigenvalue weighted by Gasteiger charge is -2.39. The van der Waals surface area contributed by atoms with Crippen LogP contribution in [-0.2, 0) is 6.54 Å². The Morgan fingerprint density at radius 1 is 1.00 bits per heavy atom. The van der Waals surface area contributed by atoms with Gasteiger partial charge in [0, 0.05) is 24.5 Å². The van der Waals surface area contributed by atoms with Gasteiger partial charge < -0.3 is 5.32 Å². The number of hydrogen-bond donors (Lipinski definition) is 1. The second kappa shape index (κ2) is 7.40. The average molecular weight is 286 g/mol. The summed E-state index contributed by atoms with van der Waals surface area (Å²) in [4.78, 5) is 4.41. The van der Waals surface area contributed by atoms with Crippen LogP contribution in [0.3, 0.4) is 0 Å². The van der Waals surface area contributed by atoms with Crippen LogP contribution in [0.5, 0.6) is 0 Å². The highest BCUT2D eigenvalue weighted by molar-refractivity contribution is 5.13. The van der Waals surface area contributed by atoms with Crippen molar-refractivity contribution < 1.29 is 0 Å². The summed E-state index contributed by atoms with van der Waals surface area (Å²) >= 11 is 0. The van der Waals surface area contributed by atoms with Crippen molar-refractivity contribution in [3.63, 3.8) is 0 Å². The van der Waals surface area contributed by atoms with Crippen molar-refractivity contribution in [2.75, 3.05) is 0 Å². The summed E-state index contributed by atoms with van der Waals surface area (Å²) in [6.07, 6.45) is 15.1. The number of aromatic nitrogens is 1. The fourth-order valence-electron chi connectivity index (χ4n) is 4.39. The summed E-state index contributed by atoms with van der Waals surface area (Å²) in [6, 6.07) is 5.08. The molecule has 1 aromatic heterocycles. The van der Waals surface area contributed by atoms with E-state index in [0.29, 0.717) is 0 Å². The van der Waals surface area contributed by atoms with Gasteiger partial charge >= 0.3 is 0 Å². The second-order valence-electron chi connectivity index (χ2n) is 7.14. The van der Waals surface area contributed by atoms with E-state index in [2.05, 4.69) is 29.4 Å². The van der Waals surface area contributed by atoms with Gasteiger partial charge in [0.1, 0.15) is 0 Å². The predicted octanol–water partition coefficient (Wildman–Crippen LogP) is 4.62. The molecule has 2 aliphatic rings. The molecule has 116 valence electrons. The standard InChI is InChI=1S/C19H30N2/c1-15-11-12-16(13-20-15)14-21-19-10-6-5-9-18(19)17-7-3-2-4-8-17/h11-13,17-19,21H,2-10,14H2,1H3. The largest absolute Gasteiger partial charge is 0.310 e. The quantitative estimate of drug-likeness (QED) is 0.873. The first-order valence-corrected chi connectivity index (χ1v) is 8.98. The molecule has 2 saturated carbocycles. The van der Waals surface area contributed by atoms with Crippen LogP contribution in [0.4, 0.5) is 0 Å². The molecule has 2 unspecified atom stereocenters. The maximum Gasteiger partial charge on any atom is 0.0372 e. The topological polar surface area (TPSA) is 24.9 Å². The molecule has 2 aliphatic carbocycles. The predicted molar refractivity (Wildman–Crippen MR) is 88.1 cm³/mol. The molecule has 0 radical (unpaired) electrons. The van der Waals surface area contributed by atoms with Crippen molar-refractivity contribution in [2.24, 2.45) is 11.8 Å². The van der Waals surface area contributed by atoms with E-state index in [4.69, 9.17) is 0 Å². The van der Waals surface area contributed by atoms with Crippen LogP contribution in [0.1, 0.15) is 69.0 Å². The van der Waals surface area contributed by atoms with Crippen LogP contribution < -0.4 is 5.32 Å². The lowest BCUT2D eigenvalue weighted by molar-refractivity contribution is 0.149.